The Hall–Kier alpha value is -1.68. The average Bonchev–Trinajstić information content (AvgIpc) is 2.92. The van der Waals surface area contributed by atoms with Crippen LogP contribution in [-0.4, -0.2) is 20.4 Å². The van der Waals surface area contributed by atoms with Gasteiger partial charge in [-0.15, -0.1) is 0 Å². The molecule has 0 aliphatic heterocycles. The highest BCUT2D eigenvalue weighted by atomic mass is 16.3. The molecule has 29 heavy (non-hydrogen) atoms. The number of carbonyl (C=O) groups is 1. The third-order valence-electron chi connectivity index (χ3n) is 6.17. The molecule has 4 nitrogen and oxygen atoms in total. The van der Waals surface area contributed by atoms with Gasteiger partial charge in [0.25, 0.3) is 0 Å². The summed E-state index contributed by atoms with van der Waals surface area (Å²) in [6, 6.07) is 6.66. The van der Waals surface area contributed by atoms with Gasteiger partial charge in [-0.25, -0.2) is 4.98 Å². The van der Waals surface area contributed by atoms with Crippen LogP contribution in [0, 0.1) is 5.41 Å². The van der Waals surface area contributed by atoms with E-state index in [4.69, 9.17) is 4.98 Å². The standard InChI is InChI=1S/C25H38N2O2/c1-24(2,3)16-15-20(28)11-6-7-12-23-26-21-14-13-18(25(4,5)29)17-22(21)27(23)19-9-8-10-19/h13-14,17,19,29H,6-12,15-16H2,1-5H3. The van der Waals surface area contributed by atoms with Crippen LogP contribution in [0.1, 0.15) is 103 Å². The number of Topliss-reactive ketones (excluding diaryl/α,β-unsaturated/α-hetero) is 1. The number of ketones is 1. The van der Waals surface area contributed by atoms with Crippen molar-refractivity contribution in [3.05, 3.63) is 29.6 Å². The molecule has 0 radical (unpaired) electrons. The second kappa shape index (κ2) is 8.59. The van der Waals surface area contributed by atoms with Crippen molar-refractivity contribution < 1.29 is 9.90 Å². The van der Waals surface area contributed by atoms with Gasteiger partial charge in [0.15, 0.2) is 0 Å². The van der Waals surface area contributed by atoms with Crippen LogP contribution in [-0.2, 0) is 16.8 Å². The molecule has 1 heterocycles. The van der Waals surface area contributed by atoms with E-state index >= 15 is 0 Å². The number of imidazole rings is 1. The fraction of sp³-hybridized carbons (Fsp3) is 0.680. The van der Waals surface area contributed by atoms with Crippen molar-refractivity contribution in [2.24, 2.45) is 5.41 Å². The van der Waals surface area contributed by atoms with E-state index in [1.54, 1.807) is 0 Å². The highest BCUT2D eigenvalue weighted by Crippen LogP contribution is 2.37. The van der Waals surface area contributed by atoms with Crippen LogP contribution in [0.2, 0.25) is 0 Å². The van der Waals surface area contributed by atoms with Gasteiger partial charge in [0.2, 0.25) is 0 Å². The van der Waals surface area contributed by atoms with Crippen molar-refractivity contribution in [1.82, 2.24) is 9.55 Å². The molecule has 1 aliphatic carbocycles. The number of carbonyl (C=O) groups excluding carboxylic acids is 1. The monoisotopic (exact) mass is 398 g/mol. The molecule has 1 aromatic heterocycles. The molecule has 0 amide bonds. The Kier molecular flexibility index (Phi) is 6.52. The van der Waals surface area contributed by atoms with Gasteiger partial charge >= 0.3 is 0 Å². The second-order valence-corrected chi connectivity index (χ2v) is 10.6. The maximum absolute atomic E-state index is 12.2. The highest BCUT2D eigenvalue weighted by Gasteiger charge is 2.26. The summed E-state index contributed by atoms with van der Waals surface area (Å²) in [7, 11) is 0. The lowest BCUT2D eigenvalue weighted by atomic mass is 9.89. The third kappa shape index (κ3) is 5.69. The summed E-state index contributed by atoms with van der Waals surface area (Å²) in [5.41, 5.74) is 2.47. The molecule has 0 atom stereocenters. The molecule has 1 aliphatic rings. The van der Waals surface area contributed by atoms with E-state index in [2.05, 4.69) is 31.4 Å². The molecule has 1 fully saturated rings. The molecule has 0 saturated heterocycles. The number of benzene rings is 1. The van der Waals surface area contributed by atoms with Crippen LogP contribution in [0.4, 0.5) is 0 Å². The maximum atomic E-state index is 12.2. The first-order valence-corrected chi connectivity index (χ1v) is 11.3. The maximum Gasteiger partial charge on any atom is 0.132 e. The molecule has 160 valence electrons. The summed E-state index contributed by atoms with van der Waals surface area (Å²) in [5, 5.41) is 10.4. The minimum Gasteiger partial charge on any atom is -0.386 e. The molecule has 1 saturated carbocycles. The van der Waals surface area contributed by atoms with Crippen LogP contribution in [0.5, 0.6) is 0 Å². The number of aliphatic hydroxyl groups is 1. The average molecular weight is 399 g/mol. The van der Waals surface area contributed by atoms with Gasteiger partial charge in [-0.05, 0) is 75.5 Å². The van der Waals surface area contributed by atoms with Gasteiger partial charge < -0.3 is 9.67 Å². The number of hydrogen-bond acceptors (Lipinski definition) is 3. The highest BCUT2D eigenvalue weighted by molar-refractivity contribution is 5.78. The zero-order chi connectivity index (χ0) is 21.2. The minimum atomic E-state index is -0.851. The summed E-state index contributed by atoms with van der Waals surface area (Å²) in [5.74, 6) is 1.53. The van der Waals surface area contributed by atoms with Gasteiger partial charge in [-0.1, -0.05) is 26.8 Å². The lowest BCUT2D eigenvalue weighted by Gasteiger charge is -2.29. The number of rotatable bonds is 9. The van der Waals surface area contributed by atoms with Gasteiger partial charge in [-0.3, -0.25) is 4.79 Å². The SMILES string of the molecule is CC(C)(C)CCC(=O)CCCCc1nc2ccc(C(C)(C)O)cc2n1C1CCC1. The van der Waals surface area contributed by atoms with Crippen molar-refractivity contribution in [2.75, 3.05) is 0 Å². The number of nitrogens with zero attached hydrogens (tertiary/aromatic N) is 2. The fourth-order valence-electron chi connectivity index (χ4n) is 4.00. The molecular weight excluding hydrogens is 360 g/mol. The number of aryl methyl sites for hydroxylation is 1. The summed E-state index contributed by atoms with van der Waals surface area (Å²) in [6.07, 6.45) is 8.88. The van der Waals surface area contributed by atoms with E-state index in [0.29, 0.717) is 24.7 Å². The molecule has 0 spiro atoms. The van der Waals surface area contributed by atoms with E-state index in [1.807, 2.05) is 26.0 Å². The van der Waals surface area contributed by atoms with E-state index in [1.165, 1.54) is 19.3 Å². The third-order valence-corrected chi connectivity index (χ3v) is 6.17. The van der Waals surface area contributed by atoms with Gasteiger partial charge in [0.1, 0.15) is 11.6 Å². The van der Waals surface area contributed by atoms with Crippen molar-refractivity contribution in [1.29, 1.82) is 0 Å². The van der Waals surface area contributed by atoms with Gasteiger partial charge in [0.05, 0.1) is 16.6 Å². The first-order valence-electron chi connectivity index (χ1n) is 11.3. The Labute approximate surface area is 175 Å². The van der Waals surface area contributed by atoms with E-state index in [9.17, 15) is 9.90 Å². The first kappa shape index (κ1) is 22.0. The fourth-order valence-corrected chi connectivity index (χ4v) is 4.00. The molecule has 3 rings (SSSR count). The van der Waals surface area contributed by atoms with Gasteiger partial charge in [-0.2, -0.15) is 0 Å². The summed E-state index contributed by atoms with van der Waals surface area (Å²) in [6.45, 7) is 10.2. The van der Waals surface area contributed by atoms with Crippen LogP contribution in [0.3, 0.4) is 0 Å². The molecule has 0 unspecified atom stereocenters. The lowest BCUT2D eigenvalue weighted by molar-refractivity contribution is -0.119. The Bertz CT molecular complexity index is 848. The topological polar surface area (TPSA) is 55.1 Å². The zero-order valence-electron chi connectivity index (χ0n) is 18.9. The Morgan fingerprint density at radius 3 is 2.45 bits per heavy atom. The predicted octanol–water partition coefficient (Wildman–Crippen LogP) is 6.10. The van der Waals surface area contributed by atoms with Crippen molar-refractivity contribution >= 4 is 16.8 Å². The largest absolute Gasteiger partial charge is 0.386 e. The summed E-state index contributed by atoms with van der Waals surface area (Å²) < 4.78 is 2.41. The minimum absolute atomic E-state index is 0.227. The molecular formula is C25H38N2O2. The lowest BCUT2D eigenvalue weighted by Crippen LogP contribution is -2.20. The summed E-state index contributed by atoms with van der Waals surface area (Å²) in [4.78, 5) is 17.1. The van der Waals surface area contributed by atoms with Crippen molar-refractivity contribution in [2.45, 2.75) is 104 Å². The molecule has 0 bridgehead atoms. The van der Waals surface area contributed by atoms with Crippen LogP contribution in [0.15, 0.2) is 18.2 Å². The molecule has 2 aromatic rings. The smallest absolute Gasteiger partial charge is 0.132 e. The normalized spacial score (nSPS) is 15.7. The van der Waals surface area contributed by atoms with E-state index in [0.717, 1.165) is 48.1 Å². The molecule has 4 heteroatoms. The number of hydrogen-bond donors (Lipinski definition) is 1. The van der Waals surface area contributed by atoms with Crippen molar-refractivity contribution in [3.8, 4) is 0 Å². The van der Waals surface area contributed by atoms with Crippen molar-refractivity contribution in [3.63, 3.8) is 0 Å². The second-order valence-electron chi connectivity index (χ2n) is 10.6. The summed E-state index contributed by atoms with van der Waals surface area (Å²) >= 11 is 0. The van der Waals surface area contributed by atoms with E-state index in [-0.39, 0.29) is 5.41 Å². The number of unbranched alkanes of at least 4 members (excludes halogenated alkanes) is 1. The number of fused-ring (bicyclic) bond motifs is 1. The Balaban J connectivity index is 1.67. The van der Waals surface area contributed by atoms with E-state index < -0.39 is 5.60 Å². The molecule has 1 N–H and O–H groups in total. The zero-order valence-corrected chi connectivity index (χ0v) is 18.9. The molecule has 1 aromatic carbocycles. The van der Waals surface area contributed by atoms with Gasteiger partial charge in [0, 0.05) is 25.3 Å². The first-order chi connectivity index (χ1) is 13.5. The van der Waals surface area contributed by atoms with Crippen LogP contribution < -0.4 is 0 Å². The Morgan fingerprint density at radius 2 is 1.86 bits per heavy atom. The predicted molar refractivity (Wildman–Crippen MR) is 119 cm³/mol. The van der Waals surface area contributed by atoms with Crippen LogP contribution in [0.25, 0.3) is 11.0 Å². The Morgan fingerprint density at radius 1 is 1.14 bits per heavy atom. The quantitative estimate of drug-likeness (QED) is 0.519. The number of aromatic nitrogens is 2. The van der Waals surface area contributed by atoms with Crippen LogP contribution >= 0.6 is 0 Å².